The monoisotopic (exact) mass is 472 g/mol. The Hall–Kier alpha value is -2.17. The van der Waals surface area contributed by atoms with Crippen LogP contribution in [0.3, 0.4) is 0 Å². The summed E-state index contributed by atoms with van der Waals surface area (Å²) >= 11 is 6.90. The van der Waals surface area contributed by atoms with Gasteiger partial charge in [0.2, 0.25) is 0 Å². The predicted molar refractivity (Wildman–Crippen MR) is 112 cm³/mol. The van der Waals surface area contributed by atoms with Crippen molar-refractivity contribution in [1.29, 1.82) is 0 Å². The van der Waals surface area contributed by atoms with Gasteiger partial charge < -0.3 is 9.64 Å². The van der Waals surface area contributed by atoms with Gasteiger partial charge in [-0.05, 0) is 36.4 Å². The van der Waals surface area contributed by atoms with E-state index in [0.29, 0.717) is 16.8 Å². The number of hydrogen-bond donors (Lipinski definition) is 0. The highest BCUT2D eigenvalue weighted by Gasteiger charge is 2.50. The van der Waals surface area contributed by atoms with Gasteiger partial charge in [-0.2, -0.15) is 4.99 Å². The minimum atomic E-state index is -3.30. The highest BCUT2D eigenvalue weighted by molar-refractivity contribution is 8.16. The third kappa shape index (κ3) is 4.45. The summed E-state index contributed by atoms with van der Waals surface area (Å²) in [5, 5.41) is 0.285. The zero-order valence-corrected chi connectivity index (χ0v) is 17.7. The van der Waals surface area contributed by atoms with E-state index in [1.807, 2.05) is 0 Å². The molecule has 0 radical (unpaired) electrons. The molecule has 0 saturated carbocycles. The van der Waals surface area contributed by atoms with Gasteiger partial charge in [0.05, 0.1) is 23.2 Å². The molecule has 2 aliphatic heterocycles. The minimum absolute atomic E-state index is 0.0290. The number of thioether (sulfide) groups is 1. The van der Waals surface area contributed by atoms with E-state index >= 15 is 0 Å². The highest BCUT2D eigenvalue weighted by atomic mass is 35.5. The van der Waals surface area contributed by atoms with Gasteiger partial charge in [0.15, 0.2) is 21.6 Å². The Morgan fingerprint density at radius 2 is 1.93 bits per heavy atom. The summed E-state index contributed by atoms with van der Waals surface area (Å²) in [6.45, 7) is -0.362. The van der Waals surface area contributed by atoms with Crippen LogP contribution in [0, 0.1) is 11.6 Å². The van der Waals surface area contributed by atoms with E-state index < -0.39 is 38.7 Å². The van der Waals surface area contributed by atoms with Gasteiger partial charge in [-0.3, -0.25) is 4.79 Å². The van der Waals surface area contributed by atoms with Crippen LogP contribution >= 0.6 is 23.4 Å². The normalized spacial score (nSPS) is 23.6. The zero-order chi connectivity index (χ0) is 21.5. The van der Waals surface area contributed by atoms with Gasteiger partial charge in [0.25, 0.3) is 5.91 Å². The molecule has 158 valence electrons. The smallest absolute Gasteiger partial charge is 0.285 e. The maximum atomic E-state index is 14.4. The molecule has 0 bridgehead atoms. The minimum Gasteiger partial charge on any atom is -0.484 e. The summed E-state index contributed by atoms with van der Waals surface area (Å²) in [6, 6.07) is 8.82. The molecule has 11 heteroatoms. The van der Waals surface area contributed by atoms with Crippen LogP contribution in [0.15, 0.2) is 47.5 Å². The number of hydrogen-bond acceptors (Lipinski definition) is 5. The fourth-order valence-corrected chi connectivity index (χ4v) is 7.39. The molecular weight excluding hydrogens is 458 g/mol. The standard InChI is InChI=1S/C19H15ClF2N2O4S2/c20-11-1-4-13(5-2-11)28-8-18(25)23-19-24(15-6-3-12(21)7-14(15)22)16-9-30(26,27)10-17(16)29-19/h1-7,16-17H,8-10H2/t16-,17+/m1/s1. The maximum Gasteiger partial charge on any atom is 0.285 e. The van der Waals surface area contributed by atoms with Crippen molar-refractivity contribution >= 4 is 50.0 Å². The Morgan fingerprint density at radius 3 is 2.63 bits per heavy atom. The van der Waals surface area contributed by atoms with Crippen molar-refractivity contribution in [1.82, 2.24) is 0 Å². The van der Waals surface area contributed by atoms with Crippen LogP contribution in [0.2, 0.25) is 5.02 Å². The summed E-state index contributed by atoms with van der Waals surface area (Å²) in [7, 11) is -3.30. The summed E-state index contributed by atoms with van der Waals surface area (Å²) < 4.78 is 57.3. The number of aliphatic imine (C=N–C) groups is 1. The van der Waals surface area contributed by atoms with Crippen LogP contribution in [-0.4, -0.2) is 48.9 Å². The Labute approximate surface area is 180 Å². The zero-order valence-electron chi connectivity index (χ0n) is 15.3. The number of fused-ring (bicyclic) bond motifs is 1. The van der Waals surface area contributed by atoms with Crippen LogP contribution in [-0.2, 0) is 14.6 Å². The first-order valence-corrected chi connectivity index (χ1v) is 11.9. The van der Waals surface area contributed by atoms with Gasteiger partial charge in [0, 0.05) is 16.3 Å². The number of ether oxygens (including phenoxy) is 1. The third-order valence-electron chi connectivity index (χ3n) is 4.63. The molecule has 0 N–H and O–H groups in total. The fourth-order valence-electron chi connectivity index (χ4n) is 3.34. The van der Waals surface area contributed by atoms with Crippen molar-refractivity contribution < 1.29 is 26.7 Å². The molecule has 2 aromatic carbocycles. The molecule has 4 rings (SSSR count). The topological polar surface area (TPSA) is 76.0 Å². The number of halogens is 3. The van der Waals surface area contributed by atoms with E-state index in [2.05, 4.69) is 4.99 Å². The third-order valence-corrected chi connectivity index (χ3v) is 8.09. The number of benzene rings is 2. The van der Waals surface area contributed by atoms with Crippen LogP contribution in [0.25, 0.3) is 0 Å². The molecule has 2 atom stereocenters. The average molecular weight is 473 g/mol. The number of anilines is 1. The van der Waals surface area contributed by atoms with Gasteiger partial charge in [0.1, 0.15) is 17.4 Å². The van der Waals surface area contributed by atoms with Crippen molar-refractivity contribution in [3.8, 4) is 5.75 Å². The summed E-state index contributed by atoms with van der Waals surface area (Å²) in [6.07, 6.45) is 0. The van der Waals surface area contributed by atoms with Crippen LogP contribution in [0.5, 0.6) is 5.75 Å². The van der Waals surface area contributed by atoms with E-state index in [-0.39, 0.29) is 29.0 Å². The van der Waals surface area contributed by atoms with E-state index in [1.165, 1.54) is 11.0 Å². The second-order valence-corrected chi connectivity index (χ2v) is 10.6. The first-order chi connectivity index (χ1) is 14.2. The van der Waals surface area contributed by atoms with Crippen LogP contribution in [0.4, 0.5) is 14.5 Å². The predicted octanol–water partition coefficient (Wildman–Crippen LogP) is 3.30. The summed E-state index contributed by atoms with van der Waals surface area (Å²) in [5.74, 6) is -2.12. The maximum absolute atomic E-state index is 14.4. The number of carbonyl (C=O) groups is 1. The lowest BCUT2D eigenvalue weighted by molar-refractivity contribution is -0.119. The molecule has 1 amide bonds. The number of nitrogens with zero attached hydrogens (tertiary/aromatic N) is 2. The lowest BCUT2D eigenvalue weighted by Crippen LogP contribution is -2.38. The van der Waals surface area contributed by atoms with Crippen molar-refractivity contribution in [2.45, 2.75) is 11.3 Å². The summed E-state index contributed by atoms with van der Waals surface area (Å²) in [5.41, 5.74) is -0.0290. The van der Waals surface area contributed by atoms with Crippen molar-refractivity contribution in [2.75, 3.05) is 23.0 Å². The molecule has 30 heavy (non-hydrogen) atoms. The Morgan fingerprint density at radius 1 is 1.20 bits per heavy atom. The lowest BCUT2D eigenvalue weighted by atomic mass is 10.2. The molecule has 2 fully saturated rings. The Kier molecular flexibility index (Phi) is 5.73. The molecule has 2 aromatic rings. The number of carbonyl (C=O) groups excluding carboxylic acids is 1. The molecule has 0 aromatic heterocycles. The molecule has 6 nitrogen and oxygen atoms in total. The van der Waals surface area contributed by atoms with E-state index in [1.54, 1.807) is 24.3 Å². The highest BCUT2D eigenvalue weighted by Crippen LogP contribution is 2.41. The molecule has 2 saturated heterocycles. The average Bonchev–Trinajstić information content (AvgIpc) is 3.13. The first kappa shape index (κ1) is 21.1. The van der Waals surface area contributed by atoms with E-state index in [4.69, 9.17) is 16.3 Å². The molecule has 0 aliphatic carbocycles. The second-order valence-electron chi connectivity index (χ2n) is 6.80. The fraction of sp³-hybridized carbons (Fsp3) is 0.263. The molecule has 2 aliphatic rings. The van der Waals surface area contributed by atoms with Crippen molar-refractivity contribution in [3.05, 3.63) is 59.1 Å². The Balaban J connectivity index is 1.58. The molecule has 0 spiro atoms. The largest absolute Gasteiger partial charge is 0.484 e. The quantitative estimate of drug-likeness (QED) is 0.679. The second kappa shape index (κ2) is 8.16. The van der Waals surface area contributed by atoms with Gasteiger partial charge in [-0.25, -0.2) is 17.2 Å². The van der Waals surface area contributed by atoms with Crippen LogP contribution < -0.4 is 9.64 Å². The number of amidine groups is 1. The lowest BCUT2D eigenvalue weighted by Gasteiger charge is -2.24. The van der Waals surface area contributed by atoms with E-state index in [9.17, 15) is 22.0 Å². The summed E-state index contributed by atoms with van der Waals surface area (Å²) in [4.78, 5) is 17.7. The van der Waals surface area contributed by atoms with Crippen LogP contribution in [0.1, 0.15) is 0 Å². The molecular formula is C19H15ClF2N2O4S2. The Bertz CT molecular complexity index is 1130. The van der Waals surface area contributed by atoms with Gasteiger partial charge in [-0.15, -0.1) is 0 Å². The van der Waals surface area contributed by atoms with Gasteiger partial charge >= 0.3 is 0 Å². The SMILES string of the molecule is O=C(COc1ccc(Cl)cc1)N=C1S[C@H]2CS(=O)(=O)C[C@H]2N1c1ccc(F)cc1F. The van der Waals surface area contributed by atoms with Crippen molar-refractivity contribution in [2.24, 2.45) is 4.99 Å². The molecule has 2 heterocycles. The first-order valence-electron chi connectivity index (χ1n) is 8.83. The number of rotatable bonds is 4. The number of sulfone groups is 1. The van der Waals surface area contributed by atoms with Gasteiger partial charge in [-0.1, -0.05) is 23.4 Å². The molecule has 0 unspecified atom stereocenters. The van der Waals surface area contributed by atoms with E-state index in [0.717, 1.165) is 17.8 Å². The van der Waals surface area contributed by atoms with Crippen molar-refractivity contribution in [3.63, 3.8) is 0 Å². The number of amides is 1.